The van der Waals surface area contributed by atoms with Crippen molar-refractivity contribution in [3.05, 3.63) is 12.2 Å². The van der Waals surface area contributed by atoms with Crippen LogP contribution in [0, 0.1) is 0 Å². The van der Waals surface area contributed by atoms with Gasteiger partial charge in [-0.1, -0.05) is 0 Å². The van der Waals surface area contributed by atoms with Gasteiger partial charge in [0.2, 0.25) is 0 Å². The van der Waals surface area contributed by atoms with Crippen LogP contribution in [0.1, 0.15) is 6.92 Å². The third kappa shape index (κ3) is 3.02. The molecule has 0 radical (unpaired) electrons. The predicted octanol–water partition coefficient (Wildman–Crippen LogP) is 0.479. The van der Waals surface area contributed by atoms with Crippen molar-refractivity contribution in [3.63, 3.8) is 0 Å². The van der Waals surface area contributed by atoms with Gasteiger partial charge in [-0.05, 0) is 13.0 Å². The second kappa shape index (κ2) is 4.90. The molecule has 0 aromatic rings. The summed E-state index contributed by atoms with van der Waals surface area (Å²) < 4.78 is 14.8. The van der Waals surface area contributed by atoms with Gasteiger partial charge in [-0.25, -0.2) is 4.79 Å². The van der Waals surface area contributed by atoms with Crippen LogP contribution in [-0.4, -0.2) is 32.1 Å². The third-order valence-electron chi connectivity index (χ3n) is 1.32. The van der Waals surface area contributed by atoms with Crippen LogP contribution in [0.25, 0.3) is 0 Å². The van der Waals surface area contributed by atoms with Crippen molar-refractivity contribution in [2.75, 3.05) is 19.8 Å². The van der Waals surface area contributed by atoms with Crippen LogP contribution in [-0.2, 0) is 19.0 Å². The molecule has 4 nitrogen and oxygen atoms in total. The van der Waals surface area contributed by atoms with Gasteiger partial charge in [0.1, 0.15) is 0 Å². The van der Waals surface area contributed by atoms with Crippen LogP contribution >= 0.6 is 0 Å². The first-order chi connectivity index (χ1) is 5.83. The van der Waals surface area contributed by atoms with Gasteiger partial charge >= 0.3 is 5.97 Å². The van der Waals surface area contributed by atoms with Crippen LogP contribution in [0.3, 0.4) is 0 Å². The lowest BCUT2D eigenvalue weighted by atomic mass is 10.5. The van der Waals surface area contributed by atoms with E-state index in [-0.39, 0.29) is 12.3 Å². The monoisotopic (exact) mass is 172 g/mol. The zero-order chi connectivity index (χ0) is 8.81. The smallest absolute Gasteiger partial charge is 0.330 e. The number of esters is 1. The van der Waals surface area contributed by atoms with Gasteiger partial charge in [0.25, 0.3) is 0 Å². The molecule has 4 heteroatoms. The van der Waals surface area contributed by atoms with E-state index in [9.17, 15) is 4.79 Å². The van der Waals surface area contributed by atoms with Gasteiger partial charge in [-0.3, -0.25) is 0 Å². The number of rotatable bonds is 3. The molecule has 0 N–H and O–H groups in total. The summed E-state index contributed by atoms with van der Waals surface area (Å²) in [6.45, 7) is 3.31. The molecule has 0 unspecified atom stereocenters. The molecule has 1 aliphatic heterocycles. The van der Waals surface area contributed by atoms with E-state index in [0.29, 0.717) is 19.8 Å². The lowest BCUT2D eigenvalue weighted by molar-refractivity contribution is -0.137. The zero-order valence-corrected chi connectivity index (χ0v) is 6.99. The van der Waals surface area contributed by atoms with E-state index in [0.717, 1.165) is 0 Å². The highest BCUT2D eigenvalue weighted by molar-refractivity contribution is 5.81. The first kappa shape index (κ1) is 9.22. The second-order valence-corrected chi connectivity index (χ2v) is 2.22. The first-order valence-electron chi connectivity index (χ1n) is 3.91. The molecule has 1 fully saturated rings. The van der Waals surface area contributed by atoms with Crippen molar-refractivity contribution in [2.45, 2.75) is 13.2 Å². The van der Waals surface area contributed by atoms with E-state index in [1.165, 1.54) is 6.08 Å². The molecule has 1 heterocycles. The summed E-state index contributed by atoms with van der Waals surface area (Å²) in [6.07, 6.45) is 2.49. The lowest BCUT2D eigenvalue weighted by Gasteiger charge is -2.00. The fourth-order valence-electron chi connectivity index (χ4n) is 0.835. The van der Waals surface area contributed by atoms with Crippen molar-refractivity contribution in [3.8, 4) is 0 Å². The van der Waals surface area contributed by atoms with Crippen molar-refractivity contribution >= 4 is 5.97 Å². The predicted molar refractivity (Wildman–Crippen MR) is 41.5 cm³/mol. The van der Waals surface area contributed by atoms with Crippen molar-refractivity contribution < 1.29 is 19.0 Å². The molecule has 68 valence electrons. The molecular formula is C8H12O4. The van der Waals surface area contributed by atoms with Crippen LogP contribution < -0.4 is 0 Å². The number of hydrogen-bond acceptors (Lipinski definition) is 4. The maximum absolute atomic E-state index is 10.8. The third-order valence-corrected chi connectivity index (χ3v) is 1.32. The summed E-state index contributed by atoms with van der Waals surface area (Å²) in [5, 5.41) is 0. The molecule has 0 amide bonds. The Morgan fingerprint density at radius 3 is 2.83 bits per heavy atom. The Labute approximate surface area is 71.1 Å². The maximum atomic E-state index is 10.8. The first-order valence-corrected chi connectivity index (χ1v) is 3.91. The Bertz CT molecular complexity index is 170. The Morgan fingerprint density at radius 1 is 1.58 bits per heavy atom. The minimum absolute atomic E-state index is 0.364. The highest BCUT2D eigenvalue weighted by Gasteiger charge is 2.12. The summed E-state index contributed by atoms with van der Waals surface area (Å²) in [7, 11) is 0. The Balaban J connectivity index is 2.23. The minimum atomic E-state index is -0.380. The van der Waals surface area contributed by atoms with E-state index < -0.39 is 0 Å². The summed E-state index contributed by atoms with van der Waals surface area (Å²) >= 11 is 0. The average Bonchev–Trinajstić information content (AvgIpc) is 2.53. The Morgan fingerprint density at radius 2 is 2.25 bits per heavy atom. The van der Waals surface area contributed by atoms with E-state index in [1.54, 1.807) is 13.0 Å². The van der Waals surface area contributed by atoms with E-state index in [4.69, 9.17) is 9.47 Å². The van der Waals surface area contributed by atoms with Gasteiger partial charge < -0.3 is 14.2 Å². The molecule has 12 heavy (non-hydrogen) atoms. The molecule has 1 saturated heterocycles. The molecule has 0 atom stereocenters. The quantitative estimate of drug-likeness (QED) is 0.458. The van der Waals surface area contributed by atoms with Gasteiger partial charge in [0.15, 0.2) is 6.29 Å². The molecule has 0 aromatic carbocycles. The number of carbonyl (C=O) groups is 1. The van der Waals surface area contributed by atoms with Crippen molar-refractivity contribution in [1.82, 2.24) is 0 Å². The van der Waals surface area contributed by atoms with Gasteiger partial charge in [0, 0.05) is 6.08 Å². The minimum Gasteiger partial charge on any atom is -0.463 e. The summed E-state index contributed by atoms with van der Waals surface area (Å²) in [6, 6.07) is 0. The highest BCUT2D eigenvalue weighted by atomic mass is 16.7. The summed E-state index contributed by atoms with van der Waals surface area (Å²) in [5.74, 6) is -0.364. The molecule has 0 saturated carbocycles. The van der Waals surface area contributed by atoms with Gasteiger partial charge in [0.05, 0.1) is 19.8 Å². The Kier molecular flexibility index (Phi) is 3.76. The highest BCUT2D eigenvalue weighted by Crippen LogP contribution is 2.04. The lowest BCUT2D eigenvalue weighted by Crippen LogP contribution is -2.05. The maximum Gasteiger partial charge on any atom is 0.330 e. The van der Waals surface area contributed by atoms with E-state index in [2.05, 4.69) is 4.74 Å². The molecule has 1 aliphatic rings. The van der Waals surface area contributed by atoms with Crippen molar-refractivity contribution in [1.29, 1.82) is 0 Å². The molecule has 1 rings (SSSR count). The normalized spacial score (nSPS) is 18.8. The van der Waals surface area contributed by atoms with Crippen LogP contribution in [0.2, 0.25) is 0 Å². The average molecular weight is 172 g/mol. The van der Waals surface area contributed by atoms with E-state index in [1.807, 2.05) is 0 Å². The second-order valence-electron chi connectivity index (χ2n) is 2.22. The summed E-state index contributed by atoms with van der Waals surface area (Å²) in [5.41, 5.74) is 0. The fourth-order valence-corrected chi connectivity index (χ4v) is 0.835. The van der Waals surface area contributed by atoms with Crippen molar-refractivity contribution in [2.24, 2.45) is 0 Å². The van der Waals surface area contributed by atoms with Crippen LogP contribution in [0.5, 0.6) is 0 Å². The number of carbonyl (C=O) groups excluding carboxylic acids is 1. The SMILES string of the molecule is CCOC(=O)/C=C/C1OCCO1. The zero-order valence-electron chi connectivity index (χ0n) is 6.99. The molecular weight excluding hydrogens is 160 g/mol. The topological polar surface area (TPSA) is 44.8 Å². The van der Waals surface area contributed by atoms with Gasteiger partial charge in [-0.2, -0.15) is 0 Å². The molecule has 0 bridgehead atoms. The van der Waals surface area contributed by atoms with Gasteiger partial charge in [-0.15, -0.1) is 0 Å². The standard InChI is InChI=1S/C8H12O4/c1-2-10-7(9)3-4-8-11-5-6-12-8/h3-4,8H,2,5-6H2,1H3/b4-3+. The fraction of sp³-hybridized carbons (Fsp3) is 0.625. The number of ether oxygens (including phenoxy) is 3. The van der Waals surface area contributed by atoms with E-state index >= 15 is 0 Å². The largest absolute Gasteiger partial charge is 0.463 e. The molecule has 0 aliphatic carbocycles. The Hall–Kier alpha value is -0.870. The summed E-state index contributed by atoms with van der Waals surface area (Å²) in [4.78, 5) is 10.8. The van der Waals surface area contributed by atoms with Crippen LogP contribution in [0.4, 0.5) is 0 Å². The van der Waals surface area contributed by atoms with Crippen LogP contribution in [0.15, 0.2) is 12.2 Å². The number of hydrogen-bond donors (Lipinski definition) is 0. The molecule has 0 aromatic heterocycles. The molecule has 0 spiro atoms.